The molecule has 0 radical (unpaired) electrons. The molecule has 0 fully saturated rings. The van der Waals surface area contributed by atoms with Gasteiger partial charge in [0.15, 0.2) is 0 Å². The highest BCUT2D eigenvalue weighted by atomic mass is 35.5. The van der Waals surface area contributed by atoms with Crippen molar-refractivity contribution in [2.45, 2.75) is 26.4 Å². The zero-order valence-corrected chi connectivity index (χ0v) is 11.4. The van der Waals surface area contributed by atoms with Gasteiger partial charge < -0.3 is 10.4 Å². The van der Waals surface area contributed by atoms with Crippen LogP contribution in [0.4, 0.5) is 0 Å². The van der Waals surface area contributed by atoms with Crippen molar-refractivity contribution in [3.05, 3.63) is 40.4 Å². The van der Waals surface area contributed by atoms with Gasteiger partial charge in [-0.25, -0.2) is 0 Å². The number of aliphatic hydroxyl groups excluding tert-OH is 1. The maximum absolute atomic E-state index is 11.7. The summed E-state index contributed by atoms with van der Waals surface area (Å²) in [4.78, 5) is 11.7. The molecule has 0 saturated heterocycles. The van der Waals surface area contributed by atoms with Crippen LogP contribution in [0.15, 0.2) is 29.8 Å². The van der Waals surface area contributed by atoms with Crippen LogP contribution in [0.1, 0.15) is 25.8 Å². The van der Waals surface area contributed by atoms with Crippen LogP contribution in [-0.2, 0) is 4.79 Å². The van der Waals surface area contributed by atoms with Gasteiger partial charge in [0.05, 0.1) is 6.10 Å². The van der Waals surface area contributed by atoms with E-state index in [1.54, 1.807) is 32.1 Å². The lowest BCUT2D eigenvalue weighted by atomic mass is 10.1. The molecule has 18 heavy (non-hydrogen) atoms. The summed E-state index contributed by atoms with van der Waals surface area (Å²) in [6.07, 6.45) is 1.96. The van der Waals surface area contributed by atoms with Gasteiger partial charge in [-0.1, -0.05) is 23.7 Å². The van der Waals surface area contributed by atoms with Crippen LogP contribution in [0.2, 0.25) is 5.02 Å². The van der Waals surface area contributed by atoms with Crippen molar-refractivity contribution in [1.82, 2.24) is 5.32 Å². The summed E-state index contributed by atoms with van der Waals surface area (Å²) in [5.41, 5.74) is 1.56. The minimum Gasteiger partial charge on any atom is -0.393 e. The number of rotatable bonds is 5. The third-order valence-electron chi connectivity index (χ3n) is 2.46. The molecule has 4 heteroatoms. The number of amides is 1. The molecular weight excluding hydrogens is 250 g/mol. The minimum absolute atomic E-state index is 0.120. The Labute approximate surface area is 112 Å². The molecule has 3 nitrogen and oxygen atoms in total. The summed E-state index contributed by atoms with van der Waals surface area (Å²) in [5.74, 6) is -0.120. The lowest BCUT2D eigenvalue weighted by molar-refractivity contribution is -0.117. The van der Waals surface area contributed by atoms with Crippen molar-refractivity contribution >= 4 is 23.6 Å². The Kier molecular flexibility index (Phi) is 5.89. The highest BCUT2D eigenvalue weighted by Crippen LogP contribution is 2.12. The second-order valence-electron chi connectivity index (χ2n) is 4.27. The summed E-state index contributed by atoms with van der Waals surface area (Å²) in [6.45, 7) is 3.93. The Bertz CT molecular complexity index is 424. The van der Waals surface area contributed by atoms with Crippen molar-refractivity contribution in [2.75, 3.05) is 6.54 Å². The van der Waals surface area contributed by atoms with E-state index in [-0.39, 0.29) is 5.91 Å². The number of benzene rings is 1. The number of hydrogen-bond donors (Lipinski definition) is 2. The molecule has 0 aliphatic carbocycles. The molecule has 0 aliphatic heterocycles. The summed E-state index contributed by atoms with van der Waals surface area (Å²) >= 11 is 5.79. The van der Waals surface area contributed by atoms with E-state index in [9.17, 15) is 4.79 Å². The van der Waals surface area contributed by atoms with Gasteiger partial charge in [-0.3, -0.25) is 4.79 Å². The molecule has 1 rings (SSSR count). The lowest BCUT2D eigenvalue weighted by Crippen LogP contribution is -2.27. The van der Waals surface area contributed by atoms with E-state index >= 15 is 0 Å². The highest BCUT2D eigenvalue weighted by Gasteiger charge is 2.04. The van der Waals surface area contributed by atoms with Gasteiger partial charge in [0.1, 0.15) is 0 Å². The Morgan fingerprint density at radius 1 is 1.44 bits per heavy atom. The molecule has 0 bridgehead atoms. The number of nitrogens with one attached hydrogen (secondary N) is 1. The fraction of sp³-hybridized carbons (Fsp3) is 0.357. The summed E-state index contributed by atoms with van der Waals surface area (Å²) in [5, 5.41) is 12.5. The Morgan fingerprint density at radius 3 is 2.61 bits per heavy atom. The normalized spacial score (nSPS) is 13.2. The summed E-state index contributed by atoms with van der Waals surface area (Å²) in [6, 6.07) is 7.28. The monoisotopic (exact) mass is 267 g/mol. The van der Waals surface area contributed by atoms with E-state index in [0.29, 0.717) is 23.6 Å². The van der Waals surface area contributed by atoms with Crippen molar-refractivity contribution in [2.24, 2.45) is 0 Å². The second kappa shape index (κ2) is 7.19. The van der Waals surface area contributed by atoms with E-state index in [1.165, 1.54) is 0 Å². The van der Waals surface area contributed by atoms with Gasteiger partial charge in [0.25, 0.3) is 0 Å². The summed E-state index contributed by atoms with van der Waals surface area (Å²) in [7, 11) is 0. The van der Waals surface area contributed by atoms with Crippen molar-refractivity contribution in [3.8, 4) is 0 Å². The molecular formula is C14H18ClNO2. The quantitative estimate of drug-likeness (QED) is 0.806. The van der Waals surface area contributed by atoms with Crippen LogP contribution in [-0.4, -0.2) is 23.7 Å². The number of hydrogen-bond acceptors (Lipinski definition) is 2. The third-order valence-corrected chi connectivity index (χ3v) is 2.71. The van der Waals surface area contributed by atoms with E-state index in [4.69, 9.17) is 16.7 Å². The largest absolute Gasteiger partial charge is 0.393 e. The zero-order chi connectivity index (χ0) is 13.5. The van der Waals surface area contributed by atoms with Gasteiger partial charge >= 0.3 is 0 Å². The molecule has 98 valence electrons. The molecule has 1 aromatic rings. The van der Waals surface area contributed by atoms with Crippen LogP contribution in [0.5, 0.6) is 0 Å². The first-order valence-electron chi connectivity index (χ1n) is 5.89. The maximum Gasteiger partial charge on any atom is 0.246 e. The number of carbonyl (C=O) groups excluding carboxylic acids is 1. The second-order valence-corrected chi connectivity index (χ2v) is 4.71. The number of halogens is 1. The Balaban J connectivity index is 2.54. The van der Waals surface area contributed by atoms with E-state index in [2.05, 4.69) is 5.32 Å². The first-order valence-corrected chi connectivity index (χ1v) is 6.27. The van der Waals surface area contributed by atoms with Crippen LogP contribution < -0.4 is 5.32 Å². The fourth-order valence-corrected chi connectivity index (χ4v) is 1.53. The maximum atomic E-state index is 11.7. The molecule has 2 N–H and O–H groups in total. The van der Waals surface area contributed by atoms with Crippen molar-refractivity contribution < 1.29 is 9.90 Å². The fourth-order valence-electron chi connectivity index (χ4n) is 1.41. The van der Waals surface area contributed by atoms with Crippen LogP contribution in [0, 0.1) is 0 Å². The predicted molar refractivity (Wildman–Crippen MR) is 74.4 cm³/mol. The van der Waals surface area contributed by atoms with Crippen LogP contribution in [0.3, 0.4) is 0 Å². The van der Waals surface area contributed by atoms with E-state index in [1.807, 2.05) is 12.1 Å². The molecule has 0 aliphatic rings. The number of aliphatic hydroxyl groups is 1. The van der Waals surface area contributed by atoms with Gasteiger partial charge in [0.2, 0.25) is 5.91 Å². The van der Waals surface area contributed by atoms with Gasteiger partial charge in [-0.15, -0.1) is 0 Å². The van der Waals surface area contributed by atoms with E-state index < -0.39 is 6.10 Å². The summed E-state index contributed by atoms with van der Waals surface area (Å²) < 4.78 is 0. The predicted octanol–water partition coefficient (Wildman–Crippen LogP) is 2.63. The van der Waals surface area contributed by atoms with Crippen LogP contribution in [0.25, 0.3) is 6.08 Å². The van der Waals surface area contributed by atoms with Crippen LogP contribution >= 0.6 is 11.6 Å². The van der Waals surface area contributed by atoms with Gasteiger partial charge in [-0.05, 0) is 44.0 Å². The molecule has 1 atom stereocenters. The molecule has 0 heterocycles. The lowest BCUT2D eigenvalue weighted by Gasteiger charge is -2.07. The first-order chi connectivity index (χ1) is 8.49. The van der Waals surface area contributed by atoms with Gasteiger partial charge in [0, 0.05) is 17.1 Å². The Morgan fingerprint density at radius 2 is 2.06 bits per heavy atom. The van der Waals surface area contributed by atoms with Gasteiger partial charge in [-0.2, -0.15) is 0 Å². The molecule has 0 saturated carbocycles. The van der Waals surface area contributed by atoms with E-state index in [0.717, 1.165) is 5.56 Å². The standard InChI is InChI=1S/C14H18ClNO2/c1-10(14(18)16-8-7-11(2)17)9-12-3-5-13(15)6-4-12/h3-6,9,11,17H,7-8H2,1-2H3,(H,16,18)/b10-9+. The molecule has 0 aromatic heterocycles. The molecule has 1 amide bonds. The SMILES string of the molecule is C/C(=C\c1ccc(Cl)cc1)C(=O)NCCC(C)O. The smallest absolute Gasteiger partial charge is 0.246 e. The first kappa shape index (κ1) is 14.7. The Hall–Kier alpha value is -1.32. The minimum atomic E-state index is -0.397. The topological polar surface area (TPSA) is 49.3 Å². The molecule has 1 unspecified atom stereocenters. The average molecular weight is 268 g/mol. The zero-order valence-electron chi connectivity index (χ0n) is 10.6. The average Bonchev–Trinajstić information content (AvgIpc) is 2.31. The third kappa shape index (κ3) is 5.34. The van der Waals surface area contributed by atoms with Crippen molar-refractivity contribution in [3.63, 3.8) is 0 Å². The number of carbonyl (C=O) groups is 1. The highest BCUT2D eigenvalue weighted by molar-refractivity contribution is 6.30. The van der Waals surface area contributed by atoms with Crippen molar-refractivity contribution in [1.29, 1.82) is 0 Å². The molecule has 0 spiro atoms. The molecule has 1 aromatic carbocycles.